The van der Waals surface area contributed by atoms with Crippen molar-refractivity contribution in [3.05, 3.63) is 34.9 Å². The molecule has 0 saturated heterocycles. The molecule has 0 atom stereocenters. The molecule has 0 radical (unpaired) electrons. The number of nitrogens with zero attached hydrogens (tertiary/aromatic N) is 3. The third kappa shape index (κ3) is 3.37. The Morgan fingerprint density at radius 2 is 2.14 bits per heavy atom. The fraction of sp³-hybridized carbons (Fsp3) is 0.250. The van der Waals surface area contributed by atoms with Gasteiger partial charge in [-0.3, -0.25) is 19.2 Å². The maximum absolute atomic E-state index is 12.3. The molecule has 2 aromatic rings. The maximum atomic E-state index is 12.3. The quantitative estimate of drug-likeness (QED) is 0.842. The minimum absolute atomic E-state index is 0.000423. The van der Waals surface area contributed by atoms with Gasteiger partial charge in [0.05, 0.1) is 29.7 Å². The van der Waals surface area contributed by atoms with E-state index < -0.39 is 16.0 Å². The minimum Gasteiger partial charge on any atom is -0.481 e. The van der Waals surface area contributed by atoms with E-state index in [2.05, 4.69) is 14.8 Å². The normalized spacial score (nSPS) is 11.4. The van der Waals surface area contributed by atoms with Crippen LogP contribution in [-0.4, -0.2) is 34.3 Å². The second-order valence-corrected chi connectivity index (χ2v) is 6.52. The van der Waals surface area contributed by atoms with E-state index in [0.717, 1.165) is 0 Å². The van der Waals surface area contributed by atoms with Crippen LogP contribution < -0.4 is 4.72 Å². The van der Waals surface area contributed by atoms with E-state index in [1.165, 1.54) is 37.0 Å². The van der Waals surface area contributed by atoms with Crippen molar-refractivity contribution in [1.29, 1.82) is 0 Å². The molecule has 0 saturated carbocycles. The summed E-state index contributed by atoms with van der Waals surface area (Å²) in [7, 11) is -2.37. The number of hydrogen-bond donors (Lipinski definition) is 2. The summed E-state index contributed by atoms with van der Waals surface area (Å²) in [5.41, 5.74) is 0.801. The van der Waals surface area contributed by atoms with E-state index >= 15 is 0 Å². The van der Waals surface area contributed by atoms with Crippen LogP contribution in [0.2, 0.25) is 5.15 Å². The predicted molar refractivity (Wildman–Crippen MR) is 79.3 cm³/mol. The first-order valence-electron chi connectivity index (χ1n) is 6.09. The van der Waals surface area contributed by atoms with Gasteiger partial charge in [-0.1, -0.05) is 11.6 Å². The van der Waals surface area contributed by atoms with Gasteiger partial charge in [0.1, 0.15) is 10.0 Å². The predicted octanol–water partition coefficient (Wildman–Crippen LogP) is 1.20. The monoisotopic (exact) mass is 344 g/mol. The zero-order chi connectivity index (χ0) is 16.5. The molecule has 0 aromatic carbocycles. The number of sulfonamides is 1. The van der Waals surface area contributed by atoms with E-state index in [1.807, 2.05) is 0 Å². The van der Waals surface area contributed by atoms with E-state index in [4.69, 9.17) is 16.7 Å². The van der Waals surface area contributed by atoms with Gasteiger partial charge in [-0.05, 0) is 19.1 Å². The number of halogens is 1. The summed E-state index contributed by atoms with van der Waals surface area (Å²) < 4.78 is 28.3. The number of pyridine rings is 1. The zero-order valence-electron chi connectivity index (χ0n) is 11.7. The topological polar surface area (TPSA) is 114 Å². The van der Waals surface area contributed by atoms with Crippen molar-refractivity contribution >= 4 is 33.3 Å². The summed E-state index contributed by atoms with van der Waals surface area (Å²) in [5, 5.41) is 12.6. The van der Waals surface area contributed by atoms with Crippen molar-refractivity contribution in [2.45, 2.75) is 18.2 Å². The van der Waals surface area contributed by atoms with Gasteiger partial charge in [0, 0.05) is 7.05 Å². The molecule has 22 heavy (non-hydrogen) atoms. The van der Waals surface area contributed by atoms with Gasteiger partial charge in [-0.15, -0.1) is 0 Å². The summed E-state index contributed by atoms with van der Waals surface area (Å²) in [6, 6.07) is 2.87. The van der Waals surface area contributed by atoms with Crippen molar-refractivity contribution in [1.82, 2.24) is 14.8 Å². The van der Waals surface area contributed by atoms with Gasteiger partial charge >= 0.3 is 5.97 Å². The molecule has 0 spiro atoms. The number of rotatable bonds is 5. The standard InChI is InChI=1S/C12H13ClN4O4S/c1-7-11(12(13)17(2)15-7)22(20,21)16-9-4-3-8(14-6-9)5-10(18)19/h3-4,6,16H,5H2,1-2H3,(H,18,19). The van der Waals surface area contributed by atoms with Gasteiger partial charge in [0.25, 0.3) is 10.0 Å². The van der Waals surface area contributed by atoms with Crippen LogP contribution in [0.5, 0.6) is 0 Å². The first kappa shape index (κ1) is 16.2. The largest absolute Gasteiger partial charge is 0.481 e. The highest BCUT2D eigenvalue weighted by atomic mass is 35.5. The van der Waals surface area contributed by atoms with Crippen molar-refractivity contribution < 1.29 is 18.3 Å². The van der Waals surface area contributed by atoms with Gasteiger partial charge in [-0.25, -0.2) is 8.42 Å². The first-order chi connectivity index (χ1) is 10.2. The van der Waals surface area contributed by atoms with Crippen LogP contribution in [0.15, 0.2) is 23.2 Å². The van der Waals surface area contributed by atoms with E-state index in [0.29, 0.717) is 5.69 Å². The molecule has 0 bridgehead atoms. The second kappa shape index (κ2) is 5.93. The molecule has 0 unspecified atom stereocenters. The van der Waals surface area contributed by atoms with Crippen LogP contribution in [-0.2, 0) is 28.3 Å². The summed E-state index contributed by atoms with van der Waals surface area (Å²) in [6.45, 7) is 1.54. The van der Waals surface area contributed by atoms with Crippen LogP contribution in [0.1, 0.15) is 11.4 Å². The Balaban J connectivity index is 2.27. The van der Waals surface area contributed by atoms with Crippen LogP contribution >= 0.6 is 11.6 Å². The summed E-state index contributed by atoms with van der Waals surface area (Å²) in [6.07, 6.45) is 1.01. The van der Waals surface area contributed by atoms with Gasteiger partial charge in [-0.2, -0.15) is 5.10 Å². The average Bonchev–Trinajstić information content (AvgIpc) is 2.65. The number of aromatic nitrogens is 3. The Morgan fingerprint density at radius 3 is 2.59 bits per heavy atom. The fourth-order valence-electron chi connectivity index (χ4n) is 1.87. The number of nitrogens with one attached hydrogen (secondary N) is 1. The van der Waals surface area contributed by atoms with Crippen LogP contribution in [0.3, 0.4) is 0 Å². The lowest BCUT2D eigenvalue weighted by Crippen LogP contribution is -2.14. The van der Waals surface area contributed by atoms with Crippen LogP contribution in [0.25, 0.3) is 0 Å². The average molecular weight is 345 g/mol. The molecule has 8 nitrogen and oxygen atoms in total. The number of aryl methyl sites for hydroxylation is 2. The highest BCUT2D eigenvalue weighted by Gasteiger charge is 2.25. The lowest BCUT2D eigenvalue weighted by Gasteiger charge is -2.08. The third-order valence-electron chi connectivity index (χ3n) is 2.78. The number of carbonyl (C=O) groups is 1. The number of carboxylic acid groups (broad SMARTS) is 1. The highest BCUT2D eigenvalue weighted by molar-refractivity contribution is 7.92. The molecule has 118 valence electrons. The summed E-state index contributed by atoms with van der Waals surface area (Å²) >= 11 is 5.95. The Kier molecular flexibility index (Phi) is 4.38. The molecule has 0 aliphatic heterocycles. The minimum atomic E-state index is -3.91. The molecule has 0 amide bonds. The lowest BCUT2D eigenvalue weighted by atomic mass is 10.3. The molecule has 10 heteroatoms. The zero-order valence-corrected chi connectivity index (χ0v) is 13.3. The number of hydrogen-bond acceptors (Lipinski definition) is 5. The fourth-order valence-corrected chi connectivity index (χ4v) is 3.66. The number of carboxylic acids is 1. The molecule has 0 aliphatic rings. The van der Waals surface area contributed by atoms with E-state index in [1.54, 1.807) is 0 Å². The van der Waals surface area contributed by atoms with Crippen molar-refractivity contribution in [2.75, 3.05) is 4.72 Å². The molecule has 2 rings (SSSR count). The van der Waals surface area contributed by atoms with E-state index in [-0.39, 0.29) is 27.9 Å². The number of aliphatic carboxylic acids is 1. The highest BCUT2D eigenvalue weighted by Crippen LogP contribution is 2.26. The van der Waals surface area contributed by atoms with Crippen molar-refractivity contribution in [3.8, 4) is 0 Å². The number of anilines is 1. The van der Waals surface area contributed by atoms with Crippen LogP contribution in [0, 0.1) is 6.92 Å². The summed E-state index contributed by atoms with van der Waals surface area (Å²) in [5.74, 6) is -1.02. The van der Waals surface area contributed by atoms with Gasteiger partial charge < -0.3 is 5.11 Å². The van der Waals surface area contributed by atoms with Crippen LogP contribution in [0.4, 0.5) is 5.69 Å². The summed E-state index contributed by atoms with van der Waals surface area (Å²) in [4.78, 5) is 14.3. The van der Waals surface area contributed by atoms with Crippen molar-refractivity contribution in [3.63, 3.8) is 0 Å². The Morgan fingerprint density at radius 1 is 1.45 bits per heavy atom. The van der Waals surface area contributed by atoms with E-state index in [9.17, 15) is 13.2 Å². The third-order valence-corrected chi connectivity index (χ3v) is 4.85. The second-order valence-electron chi connectivity index (χ2n) is 4.54. The Labute approximate surface area is 131 Å². The molecule has 0 aliphatic carbocycles. The van der Waals surface area contributed by atoms with Crippen molar-refractivity contribution in [2.24, 2.45) is 7.05 Å². The molecule has 2 heterocycles. The van der Waals surface area contributed by atoms with Gasteiger partial charge in [0.15, 0.2) is 0 Å². The molecule has 2 N–H and O–H groups in total. The smallest absolute Gasteiger partial charge is 0.309 e. The SMILES string of the molecule is Cc1nn(C)c(Cl)c1S(=O)(=O)Nc1ccc(CC(=O)O)nc1. The molecular weight excluding hydrogens is 332 g/mol. The maximum Gasteiger partial charge on any atom is 0.309 e. The molecular formula is C12H13ClN4O4S. The van der Waals surface area contributed by atoms with Gasteiger partial charge in [0.2, 0.25) is 0 Å². The molecule has 2 aromatic heterocycles. The Hall–Kier alpha value is -2.13. The lowest BCUT2D eigenvalue weighted by molar-refractivity contribution is -0.136. The first-order valence-corrected chi connectivity index (χ1v) is 7.95. The Bertz CT molecular complexity index is 814. The molecule has 0 fully saturated rings.